The van der Waals surface area contributed by atoms with E-state index in [2.05, 4.69) is 15.4 Å². The second-order valence-electron chi connectivity index (χ2n) is 4.97. The highest BCUT2D eigenvalue weighted by molar-refractivity contribution is 6.35. The van der Waals surface area contributed by atoms with Gasteiger partial charge >= 0.3 is 11.8 Å². The van der Waals surface area contributed by atoms with Crippen LogP contribution in [0.2, 0.25) is 0 Å². The number of carbonyl (C=O) groups excluding carboxylic acids is 2. The highest BCUT2D eigenvalue weighted by Crippen LogP contribution is 2.11. The number of aromatic nitrogens is 2. The molecule has 2 amide bonds. The Bertz CT molecular complexity index is 547. The Kier molecular flexibility index (Phi) is 4.69. The first-order chi connectivity index (χ1) is 10.0. The van der Waals surface area contributed by atoms with Gasteiger partial charge in [-0.2, -0.15) is 0 Å². The lowest BCUT2D eigenvalue weighted by molar-refractivity contribution is -0.156. The summed E-state index contributed by atoms with van der Waals surface area (Å²) >= 11 is 0. The molecule has 114 valence electrons. The molecule has 1 aliphatic heterocycles. The van der Waals surface area contributed by atoms with E-state index < -0.39 is 11.8 Å². The minimum absolute atomic E-state index is 0.209. The van der Waals surface area contributed by atoms with Crippen molar-refractivity contribution >= 4 is 17.6 Å². The first kappa shape index (κ1) is 15.2. The Morgan fingerprint density at radius 3 is 2.57 bits per heavy atom. The van der Waals surface area contributed by atoms with E-state index in [-0.39, 0.29) is 6.54 Å². The van der Waals surface area contributed by atoms with Crippen molar-refractivity contribution in [3.05, 3.63) is 17.6 Å². The molecule has 8 heteroatoms. The van der Waals surface area contributed by atoms with Crippen molar-refractivity contribution in [1.29, 1.82) is 0 Å². The SMILES string of the molecule is CCCN1CCN(Cc2nc(C)cc(NN)n2)C(=O)C1=O. The van der Waals surface area contributed by atoms with E-state index in [0.29, 0.717) is 31.3 Å². The zero-order valence-corrected chi connectivity index (χ0v) is 12.3. The number of piperazine rings is 1. The molecule has 0 spiro atoms. The Balaban J connectivity index is 2.09. The number of nitrogens with one attached hydrogen (secondary N) is 1. The van der Waals surface area contributed by atoms with Gasteiger partial charge in [0.2, 0.25) is 0 Å². The van der Waals surface area contributed by atoms with Gasteiger partial charge < -0.3 is 15.2 Å². The third kappa shape index (κ3) is 3.46. The highest BCUT2D eigenvalue weighted by atomic mass is 16.2. The molecule has 0 bridgehead atoms. The molecule has 2 rings (SSSR count). The topological polar surface area (TPSA) is 104 Å². The summed E-state index contributed by atoms with van der Waals surface area (Å²) < 4.78 is 0. The minimum Gasteiger partial charge on any atom is -0.333 e. The van der Waals surface area contributed by atoms with Crippen molar-refractivity contribution < 1.29 is 9.59 Å². The molecular weight excluding hydrogens is 272 g/mol. The third-order valence-electron chi connectivity index (χ3n) is 3.27. The molecule has 2 heterocycles. The average Bonchev–Trinajstić information content (AvgIpc) is 2.46. The molecule has 1 aromatic rings. The van der Waals surface area contributed by atoms with Crippen molar-refractivity contribution in [2.45, 2.75) is 26.8 Å². The summed E-state index contributed by atoms with van der Waals surface area (Å²) in [5.41, 5.74) is 3.21. The Hall–Kier alpha value is -2.22. The van der Waals surface area contributed by atoms with Gasteiger partial charge in [0.15, 0.2) is 0 Å². The van der Waals surface area contributed by atoms with Crippen LogP contribution >= 0.6 is 0 Å². The molecule has 1 saturated heterocycles. The van der Waals surface area contributed by atoms with Crippen molar-refractivity contribution in [2.75, 3.05) is 25.1 Å². The molecular formula is C13H20N6O2. The van der Waals surface area contributed by atoms with E-state index >= 15 is 0 Å². The molecule has 21 heavy (non-hydrogen) atoms. The van der Waals surface area contributed by atoms with Gasteiger partial charge in [-0.15, -0.1) is 0 Å². The van der Waals surface area contributed by atoms with Gasteiger partial charge in [-0.25, -0.2) is 15.8 Å². The van der Waals surface area contributed by atoms with Gasteiger partial charge in [-0.1, -0.05) is 6.92 Å². The van der Waals surface area contributed by atoms with E-state index in [0.717, 1.165) is 12.1 Å². The molecule has 3 N–H and O–H groups in total. The van der Waals surface area contributed by atoms with Gasteiger partial charge in [0, 0.05) is 31.4 Å². The summed E-state index contributed by atoms with van der Waals surface area (Å²) in [6.45, 7) is 5.66. The van der Waals surface area contributed by atoms with Crippen molar-refractivity contribution in [3.8, 4) is 0 Å². The van der Waals surface area contributed by atoms with Crippen LogP contribution in [0.4, 0.5) is 5.82 Å². The monoisotopic (exact) mass is 292 g/mol. The smallest absolute Gasteiger partial charge is 0.312 e. The molecule has 0 aromatic carbocycles. The summed E-state index contributed by atoms with van der Waals surface area (Å²) in [6, 6.07) is 1.70. The number of anilines is 1. The largest absolute Gasteiger partial charge is 0.333 e. The number of nitrogens with two attached hydrogens (primary N) is 1. The lowest BCUT2D eigenvalue weighted by Gasteiger charge is -2.33. The lowest BCUT2D eigenvalue weighted by atomic mass is 10.2. The fraction of sp³-hybridized carbons (Fsp3) is 0.538. The van der Waals surface area contributed by atoms with Crippen molar-refractivity contribution in [3.63, 3.8) is 0 Å². The van der Waals surface area contributed by atoms with E-state index in [1.54, 1.807) is 11.0 Å². The molecule has 1 fully saturated rings. The summed E-state index contributed by atoms with van der Waals surface area (Å²) in [4.78, 5) is 35.6. The third-order valence-corrected chi connectivity index (χ3v) is 3.27. The predicted molar refractivity (Wildman–Crippen MR) is 76.9 cm³/mol. The lowest BCUT2D eigenvalue weighted by Crippen LogP contribution is -2.54. The Labute approximate surface area is 123 Å². The van der Waals surface area contributed by atoms with Crippen LogP contribution in [0.3, 0.4) is 0 Å². The molecule has 0 aliphatic carbocycles. The second-order valence-corrected chi connectivity index (χ2v) is 4.97. The molecule has 1 aliphatic rings. The van der Waals surface area contributed by atoms with Gasteiger partial charge in [0.25, 0.3) is 0 Å². The molecule has 0 unspecified atom stereocenters. The number of rotatable bonds is 5. The number of carbonyl (C=O) groups is 2. The zero-order chi connectivity index (χ0) is 15.4. The number of hydrazine groups is 1. The maximum absolute atomic E-state index is 12.1. The van der Waals surface area contributed by atoms with Gasteiger partial charge in [0.1, 0.15) is 11.6 Å². The van der Waals surface area contributed by atoms with Crippen LogP contribution in [0.1, 0.15) is 24.9 Å². The predicted octanol–water partition coefficient (Wildman–Crippen LogP) is -0.349. The number of hydrogen-bond donors (Lipinski definition) is 2. The van der Waals surface area contributed by atoms with Crippen LogP contribution in [0.15, 0.2) is 6.07 Å². The summed E-state index contributed by atoms with van der Waals surface area (Å²) in [5.74, 6) is 5.34. The van der Waals surface area contributed by atoms with Crippen molar-refractivity contribution in [2.24, 2.45) is 5.84 Å². The van der Waals surface area contributed by atoms with Crippen LogP contribution in [0.25, 0.3) is 0 Å². The fourth-order valence-corrected chi connectivity index (χ4v) is 2.29. The fourth-order valence-electron chi connectivity index (χ4n) is 2.29. The van der Waals surface area contributed by atoms with Gasteiger partial charge in [-0.05, 0) is 13.3 Å². The van der Waals surface area contributed by atoms with Gasteiger partial charge in [-0.3, -0.25) is 9.59 Å². The summed E-state index contributed by atoms with van der Waals surface area (Å²) in [6.07, 6.45) is 0.839. The minimum atomic E-state index is -0.498. The standard InChI is InChI=1S/C13H20N6O2/c1-3-4-18-5-6-19(13(21)12(18)20)8-11-15-9(2)7-10(16-11)17-14/h7H,3-6,8,14H2,1-2H3,(H,15,16,17). The van der Waals surface area contributed by atoms with Crippen LogP contribution in [-0.4, -0.2) is 51.2 Å². The maximum Gasteiger partial charge on any atom is 0.312 e. The quantitative estimate of drug-likeness (QED) is 0.437. The van der Waals surface area contributed by atoms with Crippen LogP contribution in [0.5, 0.6) is 0 Å². The first-order valence-corrected chi connectivity index (χ1v) is 6.94. The second kappa shape index (κ2) is 6.49. The number of nitrogen functional groups attached to an aromatic ring is 1. The average molecular weight is 292 g/mol. The van der Waals surface area contributed by atoms with E-state index in [1.165, 1.54) is 4.90 Å². The molecule has 8 nitrogen and oxygen atoms in total. The summed E-state index contributed by atoms with van der Waals surface area (Å²) in [5, 5.41) is 0. The first-order valence-electron chi connectivity index (χ1n) is 6.94. The number of hydrogen-bond acceptors (Lipinski definition) is 6. The number of aryl methyl sites for hydroxylation is 1. The molecule has 0 saturated carbocycles. The molecule has 1 aromatic heterocycles. The number of amides is 2. The highest BCUT2D eigenvalue weighted by Gasteiger charge is 2.32. The molecule has 0 radical (unpaired) electrons. The Morgan fingerprint density at radius 1 is 1.24 bits per heavy atom. The van der Waals surface area contributed by atoms with E-state index in [4.69, 9.17) is 5.84 Å². The van der Waals surface area contributed by atoms with Gasteiger partial charge in [0.05, 0.1) is 6.54 Å². The summed E-state index contributed by atoms with van der Waals surface area (Å²) in [7, 11) is 0. The number of nitrogens with zero attached hydrogens (tertiary/aromatic N) is 4. The van der Waals surface area contributed by atoms with Crippen LogP contribution in [0, 0.1) is 6.92 Å². The maximum atomic E-state index is 12.1. The van der Waals surface area contributed by atoms with Crippen LogP contribution < -0.4 is 11.3 Å². The van der Waals surface area contributed by atoms with E-state index in [9.17, 15) is 9.59 Å². The normalized spacial score (nSPS) is 15.6. The Morgan fingerprint density at radius 2 is 1.90 bits per heavy atom. The van der Waals surface area contributed by atoms with E-state index in [1.807, 2.05) is 13.8 Å². The van der Waals surface area contributed by atoms with Crippen LogP contribution in [-0.2, 0) is 16.1 Å². The molecule has 0 atom stereocenters. The zero-order valence-electron chi connectivity index (χ0n) is 12.3. The van der Waals surface area contributed by atoms with Crippen molar-refractivity contribution in [1.82, 2.24) is 19.8 Å².